The summed E-state index contributed by atoms with van der Waals surface area (Å²) in [5.41, 5.74) is 13.3. The topological polar surface area (TPSA) is 275 Å². The van der Waals surface area contributed by atoms with E-state index in [0.29, 0.717) is 5.69 Å². The van der Waals surface area contributed by atoms with Crippen LogP contribution in [0, 0.1) is 0 Å². The second-order valence-electron chi connectivity index (χ2n) is 9.58. The fourth-order valence-electron chi connectivity index (χ4n) is 4.22. The first kappa shape index (κ1) is 31.3. The van der Waals surface area contributed by atoms with Gasteiger partial charge in [0.1, 0.15) is 18.1 Å². The standard InChI is InChI=1S/C26H32N8O8/c27-16(7-13-10-30-17-4-2-1-3-15(13)17)23(38)33-19(8-14-11-29-12-31-14)25(40)32-18(5-6-22(36)37)24(39)34-20(26(41)42)9-21(28)35/h1-4,10-12,16,18-20,30H,5-9,27H2,(H2,28,35)(H,29,31)(H,32,40)(H,33,38)(H,34,39)(H,36,37)(H,41,42). The van der Waals surface area contributed by atoms with Crippen molar-refractivity contribution in [2.75, 3.05) is 0 Å². The van der Waals surface area contributed by atoms with Gasteiger partial charge in [-0.25, -0.2) is 9.78 Å². The quantitative estimate of drug-likeness (QED) is 0.0918. The Bertz CT molecular complexity index is 1440. The number of carboxylic acid groups (broad SMARTS) is 2. The molecule has 0 aliphatic carbocycles. The van der Waals surface area contributed by atoms with E-state index in [1.165, 1.54) is 12.5 Å². The highest BCUT2D eigenvalue weighted by molar-refractivity contribution is 5.95. The summed E-state index contributed by atoms with van der Waals surface area (Å²) in [4.78, 5) is 83.0. The van der Waals surface area contributed by atoms with E-state index in [-0.39, 0.29) is 12.8 Å². The Morgan fingerprint density at radius 1 is 0.881 bits per heavy atom. The van der Waals surface area contributed by atoms with Crippen molar-refractivity contribution in [2.24, 2.45) is 11.5 Å². The van der Waals surface area contributed by atoms with E-state index < -0.39 is 79.0 Å². The molecule has 1 aromatic carbocycles. The smallest absolute Gasteiger partial charge is 0.326 e. The van der Waals surface area contributed by atoms with Crippen LogP contribution in [0.3, 0.4) is 0 Å². The fourth-order valence-corrected chi connectivity index (χ4v) is 4.22. The third kappa shape index (κ3) is 8.88. The lowest BCUT2D eigenvalue weighted by atomic mass is 10.0. The van der Waals surface area contributed by atoms with Gasteiger partial charge in [-0.05, 0) is 24.5 Å². The normalized spacial score (nSPS) is 13.8. The molecule has 0 saturated carbocycles. The van der Waals surface area contributed by atoms with Gasteiger partial charge in [0.25, 0.3) is 0 Å². The van der Waals surface area contributed by atoms with Crippen LogP contribution >= 0.6 is 0 Å². The van der Waals surface area contributed by atoms with Crippen molar-refractivity contribution in [3.05, 3.63) is 54.2 Å². The highest BCUT2D eigenvalue weighted by Crippen LogP contribution is 2.19. The molecule has 4 unspecified atom stereocenters. The molecule has 0 aliphatic rings. The molecule has 2 aromatic heterocycles. The number of aromatic nitrogens is 3. The number of imidazole rings is 1. The molecule has 4 amide bonds. The molecule has 0 radical (unpaired) electrons. The third-order valence-corrected chi connectivity index (χ3v) is 6.36. The molecule has 3 rings (SSSR count). The van der Waals surface area contributed by atoms with Gasteiger partial charge < -0.3 is 47.6 Å². The Morgan fingerprint density at radius 2 is 1.55 bits per heavy atom. The number of H-pyrrole nitrogens is 2. The van der Waals surface area contributed by atoms with E-state index in [0.717, 1.165) is 16.5 Å². The van der Waals surface area contributed by atoms with Gasteiger partial charge in [0.2, 0.25) is 23.6 Å². The monoisotopic (exact) mass is 584 g/mol. The number of benzene rings is 1. The number of fused-ring (bicyclic) bond motifs is 1. The van der Waals surface area contributed by atoms with Crippen LogP contribution in [0.15, 0.2) is 43.0 Å². The SMILES string of the molecule is NC(=O)CC(NC(=O)C(CCC(=O)O)NC(=O)C(Cc1cnc[nH]1)NC(=O)C(N)Cc1c[nH]c2ccccc12)C(=O)O. The van der Waals surface area contributed by atoms with E-state index in [1.807, 2.05) is 24.3 Å². The summed E-state index contributed by atoms with van der Waals surface area (Å²) in [5.74, 6) is -6.43. The summed E-state index contributed by atoms with van der Waals surface area (Å²) >= 11 is 0. The zero-order valence-corrected chi connectivity index (χ0v) is 22.3. The summed E-state index contributed by atoms with van der Waals surface area (Å²) in [6.45, 7) is 0. The second-order valence-corrected chi connectivity index (χ2v) is 9.58. The van der Waals surface area contributed by atoms with E-state index in [4.69, 9.17) is 16.6 Å². The number of hydrogen-bond acceptors (Lipinski definition) is 8. The molecule has 16 nitrogen and oxygen atoms in total. The van der Waals surface area contributed by atoms with Crippen LogP contribution in [0.4, 0.5) is 0 Å². The number of carboxylic acids is 2. The lowest BCUT2D eigenvalue weighted by Crippen LogP contribution is -2.58. The number of para-hydroxylation sites is 1. The van der Waals surface area contributed by atoms with Crippen molar-refractivity contribution in [2.45, 2.75) is 56.3 Å². The second kappa shape index (κ2) is 14.4. The Morgan fingerprint density at radius 3 is 2.19 bits per heavy atom. The Kier molecular flexibility index (Phi) is 10.7. The Labute approximate surface area is 238 Å². The van der Waals surface area contributed by atoms with Crippen molar-refractivity contribution < 1.29 is 39.0 Å². The van der Waals surface area contributed by atoms with Crippen LogP contribution in [0.5, 0.6) is 0 Å². The molecule has 11 N–H and O–H groups in total. The van der Waals surface area contributed by atoms with Gasteiger partial charge >= 0.3 is 11.9 Å². The fraction of sp³-hybridized carbons (Fsp3) is 0.346. The molecule has 0 saturated heterocycles. The van der Waals surface area contributed by atoms with Crippen molar-refractivity contribution in [1.29, 1.82) is 0 Å². The number of carbonyl (C=O) groups is 6. The molecule has 42 heavy (non-hydrogen) atoms. The van der Waals surface area contributed by atoms with E-state index in [2.05, 4.69) is 30.9 Å². The number of amides is 4. The lowest BCUT2D eigenvalue weighted by Gasteiger charge is -2.24. The number of nitrogens with two attached hydrogens (primary N) is 2. The van der Waals surface area contributed by atoms with Crippen LogP contribution < -0.4 is 27.4 Å². The molecule has 0 fully saturated rings. The summed E-state index contributed by atoms with van der Waals surface area (Å²) in [6.07, 6.45) is 2.88. The summed E-state index contributed by atoms with van der Waals surface area (Å²) in [6, 6.07) is 1.88. The summed E-state index contributed by atoms with van der Waals surface area (Å²) < 4.78 is 0. The van der Waals surface area contributed by atoms with Gasteiger partial charge in [-0.2, -0.15) is 0 Å². The van der Waals surface area contributed by atoms with Crippen molar-refractivity contribution in [3.8, 4) is 0 Å². The maximum absolute atomic E-state index is 13.4. The van der Waals surface area contributed by atoms with Crippen LogP contribution in [0.2, 0.25) is 0 Å². The first-order chi connectivity index (χ1) is 19.9. The molecular formula is C26H32N8O8. The number of hydrogen-bond donors (Lipinski definition) is 9. The largest absolute Gasteiger partial charge is 0.481 e. The molecule has 2 heterocycles. The van der Waals surface area contributed by atoms with Gasteiger partial charge in [-0.1, -0.05) is 18.2 Å². The first-order valence-corrected chi connectivity index (χ1v) is 12.9. The van der Waals surface area contributed by atoms with Crippen molar-refractivity contribution in [3.63, 3.8) is 0 Å². The number of aromatic amines is 2. The third-order valence-electron chi connectivity index (χ3n) is 6.36. The zero-order valence-electron chi connectivity index (χ0n) is 22.3. The predicted molar refractivity (Wildman–Crippen MR) is 146 cm³/mol. The maximum atomic E-state index is 13.4. The molecule has 3 aromatic rings. The molecule has 0 bridgehead atoms. The number of primary amides is 1. The van der Waals surface area contributed by atoms with Crippen molar-refractivity contribution >= 4 is 46.5 Å². The Hall–Kier alpha value is -5.25. The van der Waals surface area contributed by atoms with E-state index in [9.17, 15) is 33.9 Å². The van der Waals surface area contributed by atoms with Gasteiger partial charge in [0, 0.05) is 41.8 Å². The number of carbonyl (C=O) groups excluding carboxylic acids is 4. The number of aliphatic carboxylic acids is 2. The van der Waals surface area contributed by atoms with Gasteiger partial charge in [0.15, 0.2) is 0 Å². The molecule has 4 atom stereocenters. The highest BCUT2D eigenvalue weighted by atomic mass is 16.4. The van der Waals surface area contributed by atoms with Crippen LogP contribution in [0.1, 0.15) is 30.5 Å². The van der Waals surface area contributed by atoms with E-state index in [1.54, 1.807) is 6.20 Å². The predicted octanol–water partition coefficient (Wildman–Crippen LogP) is -1.72. The minimum atomic E-state index is -1.71. The molecular weight excluding hydrogens is 552 g/mol. The van der Waals surface area contributed by atoms with Crippen LogP contribution in [-0.4, -0.2) is 84.9 Å². The minimum absolute atomic E-state index is 0.0932. The number of nitrogens with one attached hydrogen (secondary N) is 5. The van der Waals surface area contributed by atoms with Crippen LogP contribution in [-0.2, 0) is 41.6 Å². The Balaban J connectivity index is 1.76. The minimum Gasteiger partial charge on any atom is -0.481 e. The maximum Gasteiger partial charge on any atom is 0.326 e. The molecule has 16 heteroatoms. The average molecular weight is 585 g/mol. The van der Waals surface area contributed by atoms with Gasteiger partial charge in [-0.3, -0.25) is 24.0 Å². The zero-order chi connectivity index (χ0) is 30.8. The number of rotatable bonds is 16. The molecule has 0 spiro atoms. The van der Waals surface area contributed by atoms with Crippen LogP contribution in [0.25, 0.3) is 10.9 Å². The van der Waals surface area contributed by atoms with Crippen molar-refractivity contribution in [1.82, 2.24) is 30.9 Å². The first-order valence-electron chi connectivity index (χ1n) is 12.9. The molecule has 0 aliphatic heterocycles. The summed E-state index contributed by atoms with van der Waals surface area (Å²) in [7, 11) is 0. The van der Waals surface area contributed by atoms with E-state index >= 15 is 0 Å². The molecule has 224 valence electrons. The summed E-state index contributed by atoms with van der Waals surface area (Å²) in [5, 5.41) is 26.3. The highest BCUT2D eigenvalue weighted by Gasteiger charge is 2.31. The average Bonchev–Trinajstić information content (AvgIpc) is 3.59. The lowest BCUT2D eigenvalue weighted by molar-refractivity contribution is -0.144. The number of nitrogens with zero attached hydrogens (tertiary/aromatic N) is 1. The van der Waals surface area contributed by atoms with Gasteiger partial charge in [0.05, 0.1) is 18.8 Å². The van der Waals surface area contributed by atoms with Gasteiger partial charge in [-0.15, -0.1) is 0 Å².